The van der Waals surface area contributed by atoms with Gasteiger partial charge < -0.3 is 4.98 Å². The molecular formula is C10H7F3N2. The van der Waals surface area contributed by atoms with E-state index in [-0.39, 0.29) is 11.4 Å². The van der Waals surface area contributed by atoms with Gasteiger partial charge in [0.15, 0.2) is 0 Å². The second-order valence-corrected chi connectivity index (χ2v) is 2.98. The molecule has 0 saturated carbocycles. The van der Waals surface area contributed by atoms with Crippen LogP contribution in [0.25, 0.3) is 11.4 Å². The van der Waals surface area contributed by atoms with Crippen molar-refractivity contribution in [3.63, 3.8) is 0 Å². The monoisotopic (exact) mass is 212 g/mol. The number of hydrogen-bond donors (Lipinski definition) is 1. The van der Waals surface area contributed by atoms with E-state index in [0.29, 0.717) is 0 Å². The van der Waals surface area contributed by atoms with E-state index in [1.165, 1.54) is 24.5 Å². The molecule has 1 N–H and O–H groups in total. The van der Waals surface area contributed by atoms with Gasteiger partial charge in [0.1, 0.15) is 5.82 Å². The molecule has 2 aromatic rings. The van der Waals surface area contributed by atoms with Crippen molar-refractivity contribution in [1.29, 1.82) is 0 Å². The number of benzene rings is 1. The quantitative estimate of drug-likeness (QED) is 0.773. The van der Waals surface area contributed by atoms with Crippen LogP contribution < -0.4 is 0 Å². The average Bonchev–Trinajstić information content (AvgIpc) is 2.69. The van der Waals surface area contributed by atoms with Crippen LogP contribution in [0.1, 0.15) is 5.56 Å². The van der Waals surface area contributed by atoms with Crippen LogP contribution in [0.3, 0.4) is 0 Å². The number of aromatic nitrogens is 2. The minimum absolute atomic E-state index is 0.0648. The van der Waals surface area contributed by atoms with Crippen LogP contribution in [0.15, 0.2) is 36.7 Å². The first-order valence-corrected chi connectivity index (χ1v) is 4.25. The van der Waals surface area contributed by atoms with Gasteiger partial charge in [0.25, 0.3) is 0 Å². The fraction of sp³-hybridized carbons (Fsp3) is 0.100. The molecule has 2 nitrogen and oxygen atoms in total. The van der Waals surface area contributed by atoms with Gasteiger partial charge in [0.2, 0.25) is 0 Å². The van der Waals surface area contributed by atoms with Crippen LogP contribution in [0.5, 0.6) is 0 Å². The number of hydrogen-bond acceptors (Lipinski definition) is 1. The summed E-state index contributed by atoms with van der Waals surface area (Å²) in [5.41, 5.74) is -0.616. The maximum absolute atomic E-state index is 12.6. The maximum Gasteiger partial charge on any atom is 0.417 e. The Morgan fingerprint density at radius 1 is 1.13 bits per heavy atom. The van der Waals surface area contributed by atoms with Gasteiger partial charge in [-0.2, -0.15) is 13.2 Å². The lowest BCUT2D eigenvalue weighted by Gasteiger charge is -2.10. The molecule has 0 spiro atoms. The predicted molar refractivity (Wildman–Crippen MR) is 49.0 cm³/mol. The van der Waals surface area contributed by atoms with Crippen molar-refractivity contribution >= 4 is 0 Å². The minimum atomic E-state index is -4.36. The lowest BCUT2D eigenvalue weighted by Crippen LogP contribution is -2.07. The third-order valence-corrected chi connectivity index (χ3v) is 1.99. The molecule has 1 aromatic heterocycles. The fourth-order valence-corrected chi connectivity index (χ4v) is 1.35. The molecule has 0 saturated heterocycles. The summed E-state index contributed by atoms with van der Waals surface area (Å²) < 4.78 is 37.8. The smallest absolute Gasteiger partial charge is 0.345 e. The SMILES string of the molecule is FC(F)(F)c1ccccc1-c1ncc[nH]1. The van der Waals surface area contributed by atoms with Crippen molar-refractivity contribution in [2.75, 3.05) is 0 Å². The number of nitrogens with one attached hydrogen (secondary N) is 1. The lowest BCUT2D eigenvalue weighted by atomic mass is 10.1. The Morgan fingerprint density at radius 2 is 1.87 bits per heavy atom. The molecule has 0 aliphatic heterocycles. The summed E-state index contributed by atoms with van der Waals surface area (Å²) in [6.07, 6.45) is -1.45. The van der Waals surface area contributed by atoms with Gasteiger partial charge in [-0.05, 0) is 6.07 Å². The van der Waals surface area contributed by atoms with Crippen molar-refractivity contribution in [2.24, 2.45) is 0 Å². The highest BCUT2D eigenvalue weighted by molar-refractivity contribution is 5.60. The zero-order chi connectivity index (χ0) is 10.9. The van der Waals surface area contributed by atoms with Gasteiger partial charge in [0, 0.05) is 18.0 Å². The molecule has 0 unspecified atom stereocenters. The van der Waals surface area contributed by atoms with Gasteiger partial charge in [-0.3, -0.25) is 0 Å². The van der Waals surface area contributed by atoms with E-state index in [2.05, 4.69) is 9.97 Å². The number of rotatable bonds is 1. The largest absolute Gasteiger partial charge is 0.417 e. The summed E-state index contributed by atoms with van der Waals surface area (Å²) in [5, 5.41) is 0. The van der Waals surface area contributed by atoms with Crippen LogP contribution in [-0.4, -0.2) is 9.97 Å². The summed E-state index contributed by atoms with van der Waals surface area (Å²) in [6.45, 7) is 0. The van der Waals surface area contributed by atoms with E-state index in [4.69, 9.17) is 0 Å². The molecule has 0 amide bonds. The van der Waals surface area contributed by atoms with Crippen molar-refractivity contribution in [2.45, 2.75) is 6.18 Å². The second-order valence-electron chi connectivity index (χ2n) is 2.98. The van der Waals surface area contributed by atoms with E-state index in [0.717, 1.165) is 6.07 Å². The number of halogens is 3. The molecule has 5 heteroatoms. The van der Waals surface area contributed by atoms with Crippen molar-refractivity contribution < 1.29 is 13.2 Å². The van der Waals surface area contributed by atoms with Crippen molar-refractivity contribution in [1.82, 2.24) is 9.97 Å². The lowest BCUT2D eigenvalue weighted by molar-refractivity contribution is -0.137. The standard InChI is InChI=1S/C10H7F3N2/c11-10(12,13)8-4-2-1-3-7(8)9-14-5-6-15-9/h1-6H,(H,14,15). The first kappa shape index (κ1) is 9.76. The van der Waals surface area contributed by atoms with Crippen LogP contribution in [0.2, 0.25) is 0 Å². The van der Waals surface area contributed by atoms with Crippen LogP contribution in [0.4, 0.5) is 13.2 Å². The first-order valence-electron chi connectivity index (χ1n) is 4.25. The van der Waals surface area contributed by atoms with Crippen molar-refractivity contribution in [3.05, 3.63) is 42.2 Å². The molecule has 0 atom stereocenters. The molecule has 0 radical (unpaired) electrons. The zero-order valence-corrected chi connectivity index (χ0v) is 7.55. The molecule has 2 rings (SSSR count). The van der Waals surface area contributed by atoms with Gasteiger partial charge >= 0.3 is 6.18 Å². The van der Waals surface area contributed by atoms with Crippen LogP contribution in [0, 0.1) is 0 Å². The molecular weight excluding hydrogens is 205 g/mol. The third-order valence-electron chi connectivity index (χ3n) is 1.99. The second kappa shape index (κ2) is 3.42. The Kier molecular flexibility index (Phi) is 2.22. The average molecular weight is 212 g/mol. The Labute approximate surface area is 83.8 Å². The Bertz CT molecular complexity index is 446. The van der Waals surface area contributed by atoms with E-state index < -0.39 is 11.7 Å². The van der Waals surface area contributed by atoms with Gasteiger partial charge in [-0.15, -0.1) is 0 Å². The zero-order valence-electron chi connectivity index (χ0n) is 7.55. The van der Waals surface area contributed by atoms with Crippen LogP contribution >= 0.6 is 0 Å². The fourth-order valence-electron chi connectivity index (χ4n) is 1.35. The predicted octanol–water partition coefficient (Wildman–Crippen LogP) is 3.10. The number of nitrogens with zero attached hydrogens (tertiary/aromatic N) is 1. The summed E-state index contributed by atoms with van der Waals surface area (Å²) in [5.74, 6) is 0.225. The highest BCUT2D eigenvalue weighted by atomic mass is 19.4. The number of H-pyrrole nitrogens is 1. The molecule has 0 fully saturated rings. The third kappa shape index (κ3) is 1.86. The Hall–Kier alpha value is -1.78. The molecule has 0 bridgehead atoms. The molecule has 1 aromatic carbocycles. The molecule has 78 valence electrons. The highest BCUT2D eigenvalue weighted by Gasteiger charge is 2.33. The van der Waals surface area contributed by atoms with Gasteiger partial charge in [-0.1, -0.05) is 18.2 Å². The Morgan fingerprint density at radius 3 is 2.47 bits per heavy atom. The van der Waals surface area contributed by atoms with E-state index in [1.54, 1.807) is 6.07 Å². The van der Waals surface area contributed by atoms with E-state index >= 15 is 0 Å². The summed E-state index contributed by atoms with van der Waals surface area (Å²) in [4.78, 5) is 6.46. The maximum atomic E-state index is 12.6. The van der Waals surface area contributed by atoms with E-state index in [1.807, 2.05) is 0 Å². The summed E-state index contributed by atoms with van der Waals surface area (Å²) >= 11 is 0. The molecule has 1 heterocycles. The summed E-state index contributed by atoms with van der Waals surface area (Å²) in [6, 6.07) is 5.34. The van der Waals surface area contributed by atoms with E-state index in [9.17, 15) is 13.2 Å². The molecule has 0 aliphatic carbocycles. The Balaban J connectivity index is 2.58. The number of imidazole rings is 1. The minimum Gasteiger partial charge on any atom is -0.345 e. The number of aromatic amines is 1. The normalized spacial score (nSPS) is 11.7. The molecule has 0 aliphatic rings. The highest BCUT2D eigenvalue weighted by Crippen LogP contribution is 2.35. The van der Waals surface area contributed by atoms with Gasteiger partial charge in [0.05, 0.1) is 5.56 Å². The number of alkyl halides is 3. The topological polar surface area (TPSA) is 28.7 Å². The first-order chi connectivity index (χ1) is 7.09. The van der Waals surface area contributed by atoms with Gasteiger partial charge in [-0.25, -0.2) is 4.98 Å². The van der Waals surface area contributed by atoms with Crippen molar-refractivity contribution in [3.8, 4) is 11.4 Å². The molecule has 15 heavy (non-hydrogen) atoms. The summed E-state index contributed by atoms with van der Waals surface area (Å²) in [7, 11) is 0. The van der Waals surface area contributed by atoms with Crippen LogP contribution in [-0.2, 0) is 6.18 Å².